The summed E-state index contributed by atoms with van der Waals surface area (Å²) in [6.45, 7) is 5.20. The number of aryl methyl sites for hydroxylation is 2. The Hall–Kier alpha value is -3.54. The largest absolute Gasteiger partial charge is 0.338 e. The molecule has 39 heavy (non-hydrogen) atoms. The Kier molecular flexibility index (Phi) is 7.57. The van der Waals surface area contributed by atoms with E-state index in [1.165, 1.54) is 16.4 Å². The van der Waals surface area contributed by atoms with Gasteiger partial charge in [0.1, 0.15) is 11.3 Å². The number of hydrogen-bond acceptors (Lipinski definition) is 5. The second kappa shape index (κ2) is 10.9. The van der Waals surface area contributed by atoms with Crippen molar-refractivity contribution in [3.63, 3.8) is 0 Å². The number of fused-ring (bicyclic) bond motifs is 1. The highest BCUT2D eigenvalue weighted by molar-refractivity contribution is 7.89. The molecule has 206 valence electrons. The van der Waals surface area contributed by atoms with Gasteiger partial charge in [0.15, 0.2) is 0 Å². The van der Waals surface area contributed by atoms with E-state index in [1.807, 2.05) is 6.92 Å². The SMILES string of the molecule is CCCn1c(=O)[nH]c(=O)c2c1cc(-c1ccc(S(=O)(=O)N3CCCN(Cc4ccc(F)cc4)CC3)cc1)n2C. The summed E-state index contributed by atoms with van der Waals surface area (Å²) in [5.74, 6) is -0.274. The fourth-order valence-corrected chi connectivity index (χ4v) is 6.73. The van der Waals surface area contributed by atoms with Gasteiger partial charge in [-0.1, -0.05) is 31.2 Å². The van der Waals surface area contributed by atoms with Gasteiger partial charge in [-0.2, -0.15) is 4.31 Å². The Morgan fingerprint density at radius 2 is 1.67 bits per heavy atom. The summed E-state index contributed by atoms with van der Waals surface area (Å²) in [5.41, 5.74) is 2.49. The maximum atomic E-state index is 13.5. The van der Waals surface area contributed by atoms with E-state index in [0.29, 0.717) is 55.9 Å². The first kappa shape index (κ1) is 27.0. The first-order valence-corrected chi connectivity index (χ1v) is 14.5. The zero-order valence-corrected chi connectivity index (χ0v) is 22.9. The minimum Gasteiger partial charge on any atom is -0.338 e. The van der Waals surface area contributed by atoms with Crippen molar-refractivity contribution < 1.29 is 12.8 Å². The van der Waals surface area contributed by atoms with Crippen molar-refractivity contribution in [1.29, 1.82) is 0 Å². The number of aromatic nitrogens is 3. The van der Waals surface area contributed by atoms with Gasteiger partial charge in [0.25, 0.3) is 5.56 Å². The molecule has 11 heteroatoms. The molecular weight excluding hydrogens is 521 g/mol. The molecule has 0 aliphatic carbocycles. The van der Waals surface area contributed by atoms with E-state index in [-0.39, 0.29) is 10.7 Å². The normalized spacial score (nSPS) is 15.6. The molecule has 1 saturated heterocycles. The number of aromatic amines is 1. The third kappa shape index (κ3) is 5.34. The third-order valence-electron chi connectivity index (χ3n) is 7.29. The molecule has 0 amide bonds. The third-order valence-corrected chi connectivity index (χ3v) is 9.20. The first-order valence-electron chi connectivity index (χ1n) is 13.1. The molecule has 0 unspecified atom stereocenters. The average molecular weight is 554 g/mol. The summed E-state index contributed by atoms with van der Waals surface area (Å²) in [6, 6.07) is 14.8. The van der Waals surface area contributed by atoms with Gasteiger partial charge < -0.3 is 4.57 Å². The molecule has 3 heterocycles. The van der Waals surface area contributed by atoms with Crippen LogP contribution in [0.5, 0.6) is 0 Å². The van der Waals surface area contributed by atoms with Crippen molar-refractivity contribution in [3.05, 3.63) is 86.8 Å². The number of rotatable bonds is 7. The molecule has 2 aromatic carbocycles. The molecule has 4 aromatic rings. The van der Waals surface area contributed by atoms with Crippen molar-refractivity contribution >= 4 is 21.1 Å². The maximum absolute atomic E-state index is 13.5. The number of benzene rings is 2. The zero-order chi connectivity index (χ0) is 27.7. The molecule has 0 spiro atoms. The van der Waals surface area contributed by atoms with Gasteiger partial charge in [0, 0.05) is 39.8 Å². The van der Waals surface area contributed by atoms with E-state index in [1.54, 1.807) is 58.6 Å². The summed E-state index contributed by atoms with van der Waals surface area (Å²) >= 11 is 0. The van der Waals surface area contributed by atoms with Gasteiger partial charge in [-0.05, 0) is 60.8 Å². The van der Waals surface area contributed by atoms with Crippen molar-refractivity contribution in [3.8, 4) is 11.3 Å². The average Bonchev–Trinajstić information content (AvgIpc) is 3.09. The van der Waals surface area contributed by atoms with Crippen LogP contribution < -0.4 is 11.2 Å². The Balaban J connectivity index is 1.36. The second-order valence-corrected chi connectivity index (χ2v) is 11.9. The topological polar surface area (TPSA) is 100 Å². The molecule has 1 fully saturated rings. The Morgan fingerprint density at radius 1 is 0.949 bits per heavy atom. The summed E-state index contributed by atoms with van der Waals surface area (Å²) in [6.07, 6.45) is 1.43. The standard InChI is InChI=1S/C28H32FN5O4S/c1-3-13-34-25-18-24(31(2)26(25)27(35)30-28(34)36)21-7-11-23(12-8-21)39(37,38)33-15-4-14-32(16-17-33)19-20-5-9-22(29)10-6-20/h5-12,18H,3-4,13-17,19H2,1-2H3,(H,30,35,36). The summed E-state index contributed by atoms with van der Waals surface area (Å²) in [4.78, 5) is 29.7. The smallest absolute Gasteiger partial charge is 0.328 e. The maximum Gasteiger partial charge on any atom is 0.328 e. The monoisotopic (exact) mass is 553 g/mol. The second-order valence-electron chi connectivity index (χ2n) is 9.92. The van der Waals surface area contributed by atoms with E-state index in [2.05, 4.69) is 9.88 Å². The van der Waals surface area contributed by atoms with Crippen LogP contribution in [0.2, 0.25) is 0 Å². The van der Waals surface area contributed by atoms with Crippen LogP contribution in [0.1, 0.15) is 25.3 Å². The highest BCUT2D eigenvalue weighted by atomic mass is 32.2. The molecule has 5 rings (SSSR count). The molecule has 0 radical (unpaired) electrons. The minimum absolute atomic E-state index is 0.206. The first-order chi connectivity index (χ1) is 18.7. The fraction of sp³-hybridized carbons (Fsp3) is 0.357. The summed E-state index contributed by atoms with van der Waals surface area (Å²) < 4.78 is 45.0. The van der Waals surface area contributed by atoms with Gasteiger partial charge in [-0.3, -0.25) is 19.2 Å². The van der Waals surface area contributed by atoms with Crippen molar-refractivity contribution in [2.75, 3.05) is 26.2 Å². The van der Waals surface area contributed by atoms with Crippen LogP contribution in [0.4, 0.5) is 4.39 Å². The lowest BCUT2D eigenvalue weighted by Crippen LogP contribution is -2.35. The van der Waals surface area contributed by atoms with Crippen LogP contribution in [0, 0.1) is 5.82 Å². The Morgan fingerprint density at radius 3 is 2.36 bits per heavy atom. The van der Waals surface area contributed by atoms with Crippen LogP contribution in [0.15, 0.2) is 69.1 Å². The van der Waals surface area contributed by atoms with E-state index in [9.17, 15) is 22.4 Å². The number of nitrogens with zero attached hydrogens (tertiary/aromatic N) is 4. The number of halogens is 1. The predicted octanol–water partition coefficient (Wildman–Crippen LogP) is 3.14. The molecule has 1 N–H and O–H groups in total. The molecule has 1 aliphatic rings. The van der Waals surface area contributed by atoms with Gasteiger partial charge in [0.2, 0.25) is 10.0 Å². The van der Waals surface area contributed by atoms with Crippen LogP contribution in [0.3, 0.4) is 0 Å². The summed E-state index contributed by atoms with van der Waals surface area (Å²) in [7, 11) is -1.94. The lowest BCUT2D eigenvalue weighted by molar-refractivity contribution is 0.278. The number of hydrogen-bond donors (Lipinski definition) is 1. The van der Waals surface area contributed by atoms with Gasteiger partial charge >= 0.3 is 5.69 Å². The van der Waals surface area contributed by atoms with E-state index in [4.69, 9.17) is 0 Å². The summed E-state index contributed by atoms with van der Waals surface area (Å²) in [5, 5.41) is 0. The van der Waals surface area contributed by atoms with E-state index in [0.717, 1.165) is 24.1 Å². The van der Waals surface area contributed by atoms with Gasteiger partial charge in [-0.15, -0.1) is 0 Å². The Bertz CT molecular complexity index is 1710. The molecule has 0 saturated carbocycles. The van der Waals surface area contributed by atoms with E-state index >= 15 is 0 Å². The van der Waals surface area contributed by atoms with Gasteiger partial charge in [0.05, 0.1) is 16.1 Å². The number of nitrogens with one attached hydrogen (secondary N) is 1. The van der Waals surface area contributed by atoms with Crippen molar-refractivity contribution in [2.45, 2.75) is 37.8 Å². The molecular formula is C28H32FN5O4S. The molecule has 2 aromatic heterocycles. The fourth-order valence-electron chi connectivity index (χ4n) is 5.26. The zero-order valence-electron chi connectivity index (χ0n) is 22.1. The van der Waals surface area contributed by atoms with Crippen molar-refractivity contribution in [2.24, 2.45) is 7.05 Å². The van der Waals surface area contributed by atoms with Crippen LogP contribution in [0.25, 0.3) is 22.3 Å². The van der Waals surface area contributed by atoms with Gasteiger partial charge in [-0.25, -0.2) is 17.6 Å². The molecule has 1 aliphatic heterocycles. The van der Waals surface area contributed by atoms with E-state index < -0.39 is 21.3 Å². The highest BCUT2D eigenvalue weighted by Crippen LogP contribution is 2.27. The lowest BCUT2D eigenvalue weighted by Gasteiger charge is -2.22. The van der Waals surface area contributed by atoms with Crippen LogP contribution in [-0.2, 0) is 30.2 Å². The highest BCUT2D eigenvalue weighted by Gasteiger charge is 2.27. The number of sulfonamides is 1. The molecule has 0 bridgehead atoms. The minimum atomic E-state index is -3.70. The number of H-pyrrole nitrogens is 1. The lowest BCUT2D eigenvalue weighted by atomic mass is 10.1. The quantitative estimate of drug-likeness (QED) is 0.379. The Labute approximate surface area is 226 Å². The molecule has 9 nitrogen and oxygen atoms in total. The van der Waals surface area contributed by atoms with Crippen LogP contribution in [-0.4, -0.2) is 57.9 Å². The van der Waals surface area contributed by atoms with Crippen molar-refractivity contribution in [1.82, 2.24) is 23.3 Å². The molecule has 0 atom stereocenters. The van der Waals surface area contributed by atoms with Crippen LogP contribution >= 0.6 is 0 Å². The predicted molar refractivity (Wildman–Crippen MR) is 149 cm³/mol.